The number of anilines is 1. The van der Waals surface area contributed by atoms with Gasteiger partial charge in [0, 0.05) is 29.4 Å². The third-order valence-electron chi connectivity index (χ3n) is 1.59. The smallest absolute Gasteiger partial charge is 0.256 e. The molecule has 7 heteroatoms. The van der Waals surface area contributed by atoms with Crippen LogP contribution in [0.25, 0.3) is 0 Å². The summed E-state index contributed by atoms with van der Waals surface area (Å²) in [4.78, 5) is 11.4. The van der Waals surface area contributed by atoms with Gasteiger partial charge in [-0.3, -0.25) is 14.1 Å². The largest absolute Gasteiger partial charge is 0.383 e. The Morgan fingerprint density at radius 1 is 1.79 bits per heavy atom. The molecule has 1 heterocycles. The van der Waals surface area contributed by atoms with Crippen LogP contribution in [-0.4, -0.2) is 38.9 Å². The number of aromatic nitrogens is 2. The maximum atomic E-state index is 11.4. The Kier molecular flexibility index (Phi) is 3.63. The van der Waals surface area contributed by atoms with Gasteiger partial charge in [-0.15, -0.1) is 0 Å². The lowest BCUT2D eigenvalue weighted by Crippen LogP contribution is -2.27. The maximum absolute atomic E-state index is 11.4. The van der Waals surface area contributed by atoms with Gasteiger partial charge in [-0.2, -0.15) is 5.10 Å². The highest BCUT2D eigenvalue weighted by atomic mass is 32.2. The van der Waals surface area contributed by atoms with Gasteiger partial charge >= 0.3 is 0 Å². The fraction of sp³-hybridized carbons (Fsp3) is 0.429. The lowest BCUT2D eigenvalue weighted by atomic mass is 10.3. The Labute approximate surface area is 83.7 Å². The van der Waals surface area contributed by atoms with E-state index in [-0.39, 0.29) is 11.7 Å². The first-order chi connectivity index (χ1) is 6.61. The first-order valence-corrected chi connectivity index (χ1v) is 5.71. The Hall–Kier alpha value is -1.37. The number of hydrogen-bond acceptors (Lipinski definition) is 4. The number of carbonyl (C=O) groups excluding carboxylic acids is 1. The van der Waals surface area contributed by atoms with E-state index in [9.17, 15) is 9.00 Å². The van der Waals surface area contributed by atoms with Crippen LogP contribution in [0.15, 0.2) is 6.20 Å². The van der Waals surface area contributed by atoms with Crippen LogP contribution in [0.1, 0.15) is 10.4 Å². The molecule has 1 amide bonds. The number of amides is 1. The lowest BCUT2D eigenvalue weighted by molar-refractivity contribution is 0.0957. The molecule has 0 aliphatic rings. The number of nitrogens with two attached hydrogens (primary N) is 1. The van der Waals surface area contributed by atoms with Crippen molar-refractivity contribution >= 4 is 22.5 Å². The molecule has 4 N–H and O–H groups in total. The number of hydrogen-bond donors (Lipinski definition) is 3. The predicted molar refractivity (Wildman–Crippen MR) is 54.3 cm³/mol. The van der Waals surface area contributed by atoms with Crippen LogP contribution in [0.5, 0.6) is 0 Å². The highest BCUT2D eigenvalue weighted by molar-refractivity contribution is 7.84. The number of rotatable bonds is 4. The Balaban J connectivity index is 2.44. The molecule has 6 nitrogen and oxygen atoms in total. The van der Waals surface area contributed by atoms with E-state index >= 15 is 0 Å². The van der Waals surface area contributed by atoms with E-state index in [1.807, 2.05) is 0 Å². The fourth-order valence-electron chi connectivity index (χ4n) is 0.881. The van der Waals surface area contributed by atoms with Crippen LogP contribution in [0.4, 0.5) is 5.82 Å². The molecular weight excluding hydrogens is 204 g/mol. The first kappa shape index (κ1) is 10.7. The molecule has 78 valence electrons. The Morgan fingerprint density at radius 2 is 2.50 bits per heavy atom. The van der Waals surface area contributed by atoms with Crippen molar-refractivity contribution in [1.82, 2.24) is 15.5 Å². The van der Waals surface area contributed by atoms with Gasteiger partial charge in [0.15, 0.2) is 0 Å². The van der Waals surface area contributed by atoms with Crippen molar-refractivity contribution in [1.29, 1.82) is 0 Å². The fourth-order valence-corrected chi connectivity index (χ4v) is 1.27. The van der Waals surface area contributed by atoms with Gasteiger partial charge in [0.2, 0.25) is 0 Å². The van der Waals surface area contributed by atoms with E-state index in [4.69, 9.17) is 5.73 Å². The Bertz CT molecular complexity index is 349. The summed E-state index contributed by atoms with van der Waals surface area (Å²) in [5, 5.41) is 8.66. The molecular formula is C7H12N4O2S. The molecule has 0 aliphatic carbocycles. The summed E-state index contributed by atoms with van der Waals surface area (Å²) < 4.78 is 10.7. The minimum Gasteiger partial charge on any atom is -0.383 e. The quantitative estimate of drug-likeness (QED) is 0.607. The molecule has 0 aliphatic heterocycles. The van der Waals surface area contributed by atoms with Crippen LogP contribution >= 0.6 is 0 Å². The van der Waals surface area contributed by atoms with Gasteiger partial charge in [0.05, 0.1) is 6.20 Å². The van der Waals surface area contributed by atoms with Crippen molar-refractivity contribution < 1.29 is 9.00 Å². The molecule has 1 unspecified atom stereocenters. The van der Waals surface area contributed by atoms with Crippen LogP contribution in [0, 0.1) is 0 Å². The number of aromatic amines is 1. The van der Waals surface area contributed by atoms with Crippen LogP contribution in [-0.2, 0) is 10.8 Å². The molecule has 0 spiro atoms. The standard InChI is InChI=1S/C7H12N4O2S/c1-14(13)3-2-9-7(12)5-4-10-11-6(5)8/h4H,2-3H2,1H3,(H,9,12)(H3,8,10,11). The highest BCUT2D eigenvalue weighted by Gasteiger charge is 2.10. The van der Waals surface area contributed by atoms with E-state index in [1.54, 1.807) is 6.26 Å². The van der Waals surface area contributed by atoms with Gasteiger partial charge < -0.3 is 11.1 Å². The average molecular weight is 216 g/mol. The highest BCUT2D eigenvalue weighted by Crippen LogP contribution is 2.04. The maximum Gasteiger partial charge on any atom is 0.256 e. The van der Waals surface area contributed by atoms with E-state index in [0.717, 1.165) is 0 Å². The lowest BCUT2D eigenvalue weighted by Gasteiger charge is -2.01. The van der Waals surface area contributed by atoms with Gasteiger partial charge in [-0.25, -0.2) is 0 Å². The van der Waals surface area contributed by atoms with Gasteiger partial charge in [0.1, 0.15) is 11.4 Å². The van der Waals surface area contributed by atoms with Crippen molar-refractivity contribution in [3.63, 3.8) is 0 Å². The van der Waals surface area contributed by atoms with Crippen LogP contribution in [0.3, 0.4) is 0 Å². The number of nitrogens with one attached hydrogen (secondary N) is 2. The molecule has 0 fully saturated rings. The zero-order chi connectivity index (χ0) is 10.6. The molecule has 0 radical (unpaired) electrons. The third kappa shape index (κ3) is 2.84. The number of carbonyl (C=O) groups is 1. The second-order valence-electron chi connectivity index (χ2n) is 2.73. The molecule has 1 rings (SSSR count). The molecule has 1 aromatic heterocycles. The van der Waals surface area contributed by atoms with E-state index in [2.05, 4.69) is 15.5 Å². The second kappa shape index (κ2) is 4.75. The van der Waals surface area contributed by atoms with Gasteiger partial charge in [-0.05, 0) is 0 Å². The molecule has 1 aromatic rings. The topological polar surface area (TPSA) is 101 Å². The zero-order valence-electron chi connectivity index (χ0n) is 7.74. The molecule has 1 atom stereocenters. The summed E-state index contributed by atoms with van der Waals surface area (Å²) in [6.45, 7) is 0.368. The SMILES string of the molecule is CS(=O)CCNC(=O)c1cn[nH]c1N. The van der Waals surface area contributed by atoms with Crippen molar-refractivity contribution in [2.75, 3.05) is 24.3 Å². The van der Waals surface area contributed by atoms with Crippen LogP contribution < -0.4 is 11.1 Å². The van der Waals surface area contributed by atoms with E-state index in [0.29, 0.717) is 17.9 Å². The summed E-state index contributed by atoms with van der Waals surface area (Å²) in [5.74, 6) is 0.366. The minimum atomic E-state index is -0.904. The first-order valence-electron chi connectivity index (χ1n) is 3.98. The predicted octanol–water partition coefficient (Wildman–Crippen LogP) is -0.900. The minimum absolute atomic E-state index is 0.236. The molecule has 0 saturated carbocycles. The zero-order valence-corrected chi connectivity index (χ0v) is 8.56. The molecule has 0 bridgehead atoms. The normalized spacial score (nSPS) is 12.4. The third-order valence-corrected chi connectivity index (χ3v) is 2.37. The summed E-state index contributed by atoms with van der Waals surface area (Å²) in [6, 6.07) is 0. The molecule has 0 aromatic carbocycles. The second-order valence-corrected chi connectivity index (χ2v) is 4.29. The van der Waals surface area contributed by atoms with Crippen LogP contribution in [0.2, 0.25) is 0 Å². The summed E-state index contributed by atoms with van der Waals surface area (Å²) in [6.07, 6.45) is 2.94. The Morgan fingerprint density at radius 3 is 3.00 bits per heavy atom. The average Bonchev–Trinajstić information content (AvgIpc) is 2.50. The van der Waals surface area contributed by atoms with E-state index in [1.165, 1.54) is 6.20 Å². The van der Waals surface area contributed by atoms with E-state index < -0.39 is 10.8 Å². The molecule has 0 saturated heterocycles. The van der Waals surface area contributed by atoms with Crippen molar-refractivity contribution in [3.8, 4) is 0 Å². The van der Waals surface area contributed by atoms with Gasteiger partial charge in [0.25, 0.3) is 5.91 Å². The molecule has 14 heavy (non-hydrogen) atoms. The monoisotopic (exact) mass is 216 g/mol. The van der Waals surface area contributed by atoms with Gasteiger partial charge in [-0.1, -0.05) is 0 Å². The summed E-state index contributed by atoms with van der Waals surface area (Å²) in [5.41, 5.74) is 5.75. The number of H-pyrrole nitrogens is 1. The summed E-state index contributed by atoms with van der Waals surface area (Å²) in [7, 11) is -0.904. The van der Waals surface area contributed by atoms with Crippen molar-refractivity contribution in [2.24, 2.45) is 0 Å². The summed E-state index contributed by atoms with van der Waals surface area (Å²) >= 11 is 0. The number of nitrogens with zero attached hydrogens (tertiary/aromatic N) is 1. The number of nitrogen functional groups attached to an aromatic ring is 1. The van der Waals surface area contributed by atoms with Crippen molar-refractivity contribution in [2.45, 2.75) is 0 Å². The van der Waals surface area contributed by atoms with Crippen molar-refractivity contribution in [3.05, 3.63) is 11.8 Å².